The molecule has 2 aliphatic rings. The molecule has 2 fully saturated rings. The molecule has 0 radical (unpaired) electrons. The quantitative estimate of drug-likeness (QED) is 0.666. The lowest BCUT2D eigenvalue weighted by Gasteiger charge is -2.26. The van der Waals surface area contributed by atoms with E-state index < -0.39 is 0 Å². The molecule has 3 atom stereocenters. The Morgan fingerprint density at radius 2 is 2.20 bits per heavy atom. The van der Waals surface area contributed by atoms with Gasteiger partial charge in [0.05, 0.1) is 6.04 Å². The van der Waals surface area contributed by atoms with Crippen molar-refractivity contribution in [1.82, 2.24) is 10.6 Å². The van der Waals surface area contributed by atoms with Crippen LogP contribution in [0.2, 0.25) is 0 Å². The molecule has 2 amide bonds. The Morgan fingerprint density at radius 3 is 2.80 bits per heavy atom. The molecule has 2 saturated heterocycles. The first-order valence-corrected chi connectivity index (χ1v) is 6.43. The number of amides is 2. The van der Waals surface area contributed by atoms with Crippen molar-refractivity contribution in [3.63, 3.8) is 0 Å². The molecule has 0 spiro atoms. The van der Waals surface area contributed by atoms with E-state index in [1.54, 1.807) is 0 Å². The number of nitrogens with one attached hydrogen (secondary N) is 2. The molecule has 0 aromatic heterocycles. The molecule has 0 aliphatic carbocycles. The van der Waals surface area contributed by atoms with Crippen molar-refractivity contribution >= 4 is 23.6 Å². The van der Waals surface area contributed by atoms with Crippen molar-refractivity contribution in [1.29, 1.82) is 0 Å². The summed E-state index contributed by atoms with van der Waals surface area (Å²) in [4.78, 5) is 22.5. The summed E-state index contributed by atoms with van der Waals surface area (Å²) in [6.45, 7) is 2.18. The fraction of sp³-hybridized carbons (Fsp3) is 0.800. The SMILES string of the molecule is CC1SCCC1NC1CCC(=O)NC1=O. The number of hydrogen-bond acceptors (Lipinski definition) is 4. The third-order valence-electron chi connectivity index (χ3n) is 3.03. The molecule has 5 heteroatoms. The monoisotopic (exact) mass is 228 g/mol. The third-order valence-corrected chi connectivity index (χ3v) is 4.36. The predicted molar refractivity (Wildman–Crippen MR) is 59.6 cm³/mol. The van der Waals surface area contributed by atoms with Gasteiger partial charge in [0.25, 0.3) is 0 Å². The van der Waals surface area contributed by atoms with Crippen molar-refractivity contribution in [2.24, 2.45) is 0 Å². The second-order valence-corrected chi connectivity index (χ2v) is 5.63. The number of piperidine rings is 1. The average Bonchev–Trinajstić information content (AvgIpc) is 2.57. The van der Waals surface area contributed by atoms with E-state index in [1.807, 2.05) is 11.8 Å². The zero-order valence-electron chi connectivity index (χ0n) is 8.79. The van der Waals surface area contributed by atoms with Crippen LogP contribution in [-0.4, -0.2) is 34.9 Å². The molecule has 2 heterocycles. The Labute approximate surface area is 93.6 Å². The van der Waals surface area contributed by atoms with E-state index in [2.05, 4.69) is 17.6 Å². The van der Waals surface area contributed by atoms with E-state index in [0.717, 1.165) is 12.2 Å². The van der Waals surface area contributed by atoms with Crippen LogP contribution in [0.4, 0.5) is 0 Å². The maximum absolute atomic E-state index is 11.5. The van der Waals surface area contributed by atoms with Crippen LogP contribution in [0.5, 0.6) is 0 Å². The maximum Gasteiger partial charge on any atom is 0.243 e. The van der Waals surface area contributed by atoms with Gasteiger partial charge in [0, 0.05) is 17.7 Å². The molecular weight excluding hydrogens is 212 g/mol. The van der Waals surface area contributed by atoms with Gasteiger partial charge in [0.1, 0.15) is 0 Å². The lowest BCUT2D eigenvalue weighted by molar-refractivity contribution is -0.134. The standard InChI is InChI=1S/C10H16N2O2S/c1-6-7(4-5-15-6)11-8-2-3-9(13)12-10(8)14/h6-8,11H,2-5H2,1H3,(H,12,13,14). The highest BCUT2D eigenvalue weighted by Crippen LogP contribution is 2.26. The van der Waals surface area contributed by atoms with Gasteiger partial charge in [-0.25, -0.2) is 0 Å². The highest BCUT2D eigenvalue weighted by molar-refractivity contribution is 8.00. The molecule has 84 valence electrons. The highest BCUT2D eigenvalue weighted by Gasteiger charge is 2.32. The summed E-state index contributed by atoms with van der Waals surface area (Å²) >= 11 is 1.93. The van der Waals surface area contributed by atoms with Crippen LogP contribution in [0.3, 0.4) is 0 Å². The van der Waals surface area contributed by atoms with E-state index in [-0.39, 0.29) is 17.9 Å². The summed E-state index contributed by atoms with van der Waals surface area (Å²) < 4.78 is 0. The molecule has 0 aromatic carbocycles. The van der Waals surface area contributed by atoms with Crippen LogP contribution >= 0.6 is 11.8 Å². The van der Waals surface area contributed by atoms with Gasteiger partial charge in [0.2, 0.25) is 11.8 Å². The van der Waals surface area contributed by atoms with Gasteiger partial charge in [-0.3, -0.25) is 14.9 Å². The second-order valence-electron chi connectivity index (χ2n) is 4.14. The summed E-state index contributed by atoms with van der Waals surface area (Å²) in [6, 6.07) is 0.243. The molecule has 0 aromatic rings. The van der Waals surface area contributed by atoms with Gasteiger partial charge >= 0.3 is 0 Å². The summed E-state index contributed by atoms with van der Waals surface area (Å²) in [5.41, 5.74) is 0. The Balaban J connectivity index is 1.88. The van der Waals surface area contributed by atoms with Crippen molar-refractivity contribution in [2.45, 2.75) is 43.5 Å². The number of hydrogen-bond donors (Lipinski definition) is 2. The smallest absolute Gasteiger partial charge is 0.243 e. The first-order chi connectivity index (χ1) is 7.16. The molecule has 2 N–H and O–H groups in total. The summed E-state index contributed by atoms with van der Waals surface area (Å²) in [6.07, 6.45) is 2.21. The molecule has 2 aliphatic heterocycles. The Hall–Kier alpha value is -0.550. The van der Waals surface area contributed by atoms with Crippen LogP contribution in [0, 0.1) is 0 Å². The molecule has 0 saturated carbocycles. The number of rotatable bonds is 2. The van der Waals surface area contributed by atoms with E-state index in [4.69, 9.17) is 0 Å². The first-order valence-electron chi connectivity index (χ1n) is 5.38. The van der Waals surface area contributed by atoms with Crippen molar-refractivity contribution in [3.8, 4) is 0 Å². The fourth-order valence-corrected chi connectivity index (χ4v) is 3.27. The van der Waals surface area contributed by atoms with Gasteiger partial charge < -0.3 is 5.32 Å². The highest BCUT2D eigenvalue weighted by atomic mass is 32.2. The van der Waals surface area contributed by atoms with Gasteiger partial charge in [-0.15, -0.1) is 0 Å². The number of thioether (sulfide) groups is 1. The lowest BCUT2D eigenvalue weighted by Crippen LogP contribution is -2.54. The van der Waals surface area contributed by atoms with Gasteiger partial charge in [-0.05, 0) is 18.6 Å². The molecular formula is C10H16N2O2S. The van der Waals surface area contributed by atoms with Crippen molar-refractivity contribution in [2.75, 3.05) is 5.75 Å². The van der Waals surface area contributed by atoms with Gasteiger partial charge in [0.15, 0.2) is 0 Å². The minimum Gasteiger partial charge on any atom is -0.302 e. The number of carbonyl (C=O) groups excluding carboxylic acids is 2. The van der Waals surface area contributed by atoms with Crippen LogP contribution < -0.4 is 10.6 Å². The maximum atomic E-state index is 11.5. The topological polar surface area (TPSA) is 58.2 Å². The zero-order valence-corrected chi connectivity index (χ0v) is 9.60. The normalized spacial score (nSPS) is 36.7. The minimum atomic E-state index is -0.172. The number of imide groups is 1. The van der Waals surface area contributed by atoms with Crippen molar-refractivity contribution in [3.05, 3.63) is 0 Å². The van der Waals surface area contributed by atoms with Crippen molar-refractivity contribution < 1.29 is 9.59 Å². The number of carbonyl (C=O) groups is 2. The van der Waals surface area contributed by atoms with E-state index in [0.29, 0.717) is 24.1 Å². The molecule has 15 heavy (non-hydrogen) atoms. The van der Waals surface area contributed by atoms with E-state index >= 15 is 0 Å². The van der Waals surface area contributed by atoms with Crippen LogP contribution in [0.1, 0.15) is 26.2 Å². The molecule has 4 nitrogen and oxygen atoms in total. The third kappa shape index (κ3) is 2.52. The van der Waals surface area contributed by atoms with Crippen LogP contribution in [0.15, 0.2) is 0 Å². The molecule has 2 rings (SSSR count). The minimum absolute atomic E-state index is 0.146. The Kier molecular flexibility index (Phi) is 3.31. The Bertz CT molecular complexity index is 283. The van der Waals surface area contributed by atoms with Crippen LogP contribution in [0.25, 0.3) is 0 Å². The first kappa shape index (κ1) is 11.0. The Morgan fingerprint density at radius 1 is 1.40 bits per heavy atom. The fourth-order valence-electron chi connectivity index (χ4n) is 2.06. The van der Waals surface area contributed by atoms with E-state index in [1.165, 1.54) is 0 Å². The second kappa shape index (κ2) is 4.53. The molecule has 0 bridgehead atoms. The average molecular weight is 228 g/mol. The van der Waals surface area contributed by atoms with Gasteiger partial charge in [-0.2, -0.15) is 11.8 Å². The van der Waals surface area contributed by atoms with Crippen LogP contribution in [-0.2, 0) is 9.59 Å². The predicted octanol–water partition coefficient (Wildman–Crippen LogP) is 0.275. The lowest BCUT2D eigenvalue weighted by atomic mass is 10.0. The largest absolute Gasteiger partial charge is 0.302 e. The zero-order chi connectivity index (χ0) is 10.8. The van der Waals surface area contributed by atoms with Gasteiger partial charge in [-0.1, -0.05) is 6.92 Å². The summed E-state index contributed by atoms with van der Waals surface area (Å²) in [5, 5.41) is 6.29. The summed E-state index contributed by atoms with van der Waals surface area (Å²) in [5.74, 6) is 0.855. The summed E-state index contributed by atoms with van der Waals surface area (Å²) in [7, 11) is 0. The van der Waals surface area contributed by atoms with E-state index in [9.17, 15) is 9.59 Å². The molecule has 3 unspecified atom stereocenters.